The molecule has 3 heteroatoms. The standard InChI is InChI=1S/C14H30N2S/c1-11(2)9-13(16(4)5)10-15-14-7-6-8-17-12(14)3/h11-15H,6-10H2,1-5H3. The second-order valence-corrected chi connectivity index (χ2v) is 7.47. The van der Waals surface area contributed by atoms with E-state index < -0.39 is 0 Å². The number of nitrogens with one attached hydrogen (secondary N) is 1. The first-order chi connectivity index (χ1) is 8.00. The monoisotopic (exact) mass is 258 g/mol. The summed E-state index contributed by atoms with van der Waals surface area (Å²) in [6.45, 7) is 8.14. The molecule has 17 heavy (non-hydrogen) atoms. The number of rotatable bonds is 6. The fourth-order valence-corrected chi connectivity index (χ4v) is 3.67. The van der Waals surface area contributed by atoms with Crippen LogP contribution in [0.4, 0.5) is 0 Å². The van der Waals surface area contributed by atoms with Crippen molar-refractivity contribution >= 4 is 11.8 Å². The molecule has 0 saturated carbocycles. The zero-order chi connectivity index (χ0) is 12.8. The largest absolute Gasteiger partial charge is 0.311 e. The molecule has 0 spiro atoms. The highest BCUT2D eigenvalue weighted by atomic mass is 32.2. The number of hydrogen-bond acceptors (Lipinski definition) is 3. The van der Waals surface area contributed by atoms with E-state index in [1.165, 1.54) is 25.0 Å². The third-order valence-electron chi connectivity index (χ3n) is 3.70. The van der Waals surface area contributed by atoms with Gasteiger partial charge in [0, 0.05) is 23.9 Å². The molecule has 0 aromatic carbocycles. The van der Waals surface area contributed by atoms with E-state index in [2.05, 4.69) is 56.8 Å². The van der Waals surface area contributed by atoms with Crippen molar-refractivity contribution in [3.05, 3.63) is 0 Å². The summed E-state index contributed by atoms with van der Waals surface area (Å²) in [7, 11) is 4.40. The van der Waals surface area contributed by atoms with Gasteiger partial charge in [-0.2, -0.15) is 11.8 Å². The van der Waals surface area contributed by atoms with Crippen LogP contribution < -0.4 is 5.32 Å². The second-order valence-electron chi connectivity index (χ2n) is 5.98. The van der Waals surface area contributed by atoms with Crippen molar-refractivity contribution in [2.24, 2.45) is 5.92 Å². The van der Waals surface area contributed by atoms with Crippen molar-refractivity contribution in [2.45, 2.75) is 57.4 Å². The molecule has 0 aliphatic carbocycles. The molecule has 3 unspecified atom stereocenters. The summed E-state index contributed by atoms with van der Waals surface area (Å²) in [5.74, 6) is 2.13. The number of nitrogens with zero attached hydrogens (tertiary/aromatic N) is 1. The van der Waals surface area contributed by atoms with Crippen molar-refractivity contribution in [3.63, 3.8) is 0 Å². The van der Waals surface area contributed by atoms with Crippen LogP contribution in [0.25, 0.3) is 0 Å². The molecular weight excluding hydrogens is 228 g/mol. The highest BCUT2D eigenvalue weighted by Gasteiger charge is 2.23. The van der Waals surface area contributed by atoms with Crippen LogP contribution in [-0.2, 0) is 0 Å². The average molecular weight is 258 g/mol. The van der Waals surface area contributed by atoms with Gasteiger partial charge in [-0.05, 0) is 45.0 Å². The summed E-state index contributed by atoms with van der Waals surface area (Å²) in [4.78, 5) is 2.37. The molecule has 1 saturated heterocycles. The maximum Gasteiger partial charge on any atom is 0.0217 e. The van der Waals surface area contributed by atoms with Gasteiger partial charge in [0.25, 0.3) is 0 Å². The Balaban J connectivity index is 2.34. The lowest BCUT2D eigenvalue weighted by Gasteiger charge is -2.33. The Morgan fingerprint density at radius 2 is 2.06 bits per heavy atom. The summed E-state index contributed by atoms with van der Waals surface area (Å²) in [5, 5.41) is 4.58. The lowest BCUT2D eigenvalue weighted by Crippen LogP contribution is -2.46. The molecule has 0 bridgehead atoms. The van der Waals surface area contributed by atoms with Crippen LogP contribution in [0.3, 0.4) is 0 Å². The third-order valence-corrected chi connectivity index (χ3v) is 5.07. The Labute approximate surface area is 112 Å². The number of hydrogen-bond donors (Lipinski definition) is 1. The second kappa shape index (κ2) is 7.65. The highest BCUT2D eigenvalue weighted by molar-refractivity contribution is 7.99. The first-order valence-corrected chi connectivity index (χ1v) is 8.07. The summed E-state index contributed by atoms with van der Waals surface area (Å²) < 4.78 is 0. The lowest BCUT2D eigenvalue weighted by molar-refractivity contribution is 0.238. The summed E-state index contributed by atoms with van der Waals surface area (Å²) in [5.41, 5.74) is 0. The predicted octanol–water partition coefficient (Wildman–Crippen LogP) is 2.84. The number of likely N-dealkylation sites (N-methyl/N-ethyl adjacent to an activating group) is 1. The van der Waals surface area contributed by atoms with Gasteiger partial charge < -0.3 is 10.2 Å². The summed E-state index contributed by atoms with van der Waals surface area (Å²) >= 11 is 2.12. The van der Waals surface area contributed by atoms with E-state index in [0.29, 0.717) is 6.04 Å². The molecule has 102 valence electrons. The van der Waals surface area contributed by atoms with E-state index in [4.69, 9.17) is 0 Å². The Kier molecular flexibility index (Phi) is 6.90. The minimum atomic E-state index is 0.675. The quantitative estimate of drug-likeness (QED) is 0.789. The fraction of sp³-hybridized carbons (Fsp3) is 1.00. The molecule has 1 aliphatic heterocycles. The minimum Gasteiger partial charge on any atom is -0.311 e. The molecular formula is C14H30N2S. The van der Waals surface area contributed by atoms with Crippen molar-refractivity contribution in [1.29, 1.82) is 0 Å². The molecule has 3 atom stereocenters. The molecule has 1 N–H and O–H groups in total. The zero-order valence-corrected chi connectivity index (χ0v) is 13.0. The van der Waals surface area contributed by atoms with Crippen LogP contribution in [0.1, 0.15) is 40.0 Å². The maximum atomic E-state index is 3.80. The minimum absolute atomic E-state index is 0.675. The van der Waals surface area contributed by atoms with E-state index in [1.54, 1.807) is 0 Å². The molecule has 0 amide bonds. The van der Waals surface area contributed by atoms with Crippen LogP contribution in [0.5, 0.6) is 0 Å². The summed E-state index contributed by atoms with van der Waals surface area (Å²) in [6.07, 6.45) is 4.02. The smallest absolute Gasteiger partial charge is 0.0217 e. The molecule has 0 aromatic heterocycles. The van der Waals surface area contributed by atoms with Crippen LogP contribution in [0.15, 0.2) is 0 Å². The average Bonchev–Trinajstić information content (AvgIpc) is 2.25. The molecule has 1 aliphatic rings. The number of thioether (sulfide) groups is 1. The van der Waals surface area contributed by atoms with E-state index in [1.807, 2.05) is 0 Å². The Bertz CT molecular complexity index is 206. The van der Waals surface area contributed by atoms with Crippen LogP contribution in [-0.4, -0.2) is 48.6 Å². The van der Waals surface area contributed by atoms with Gasteiger partial charge in [-0.3, -0.25) is 0 Å². The van der Waals surface area contributed by atoms with E-state index in [0.717, 1.165) is 23.8 Å². The van der Waals surface area contributed by atoms with Crippen LogP contribution in [0.2, 0.25) is 0 Å². The normalized spacial score (nSPS) is 27.7. The summed E-state index contributed by atoms with van der Waals surface area (Å²) in [6, 6.07) is 1.40. The molecule has 0 aromatic rings. The SMILES string of the molecule is CC(C)CC(CNC1CCCSC1C)N(C)C. The predicted molar refractivity (Wildman–Crippen MR) is 79.9 cm³/mol. The van der Waals surface area contributed by atoms with Crippen LogP contribution in [0, 0.1) is 5.92 Å². The lowest BCUT2D eigenvalue weighted by atomic mass is 10.0. The van der Waals surface area contributed by atoms with E-state index in [-0.39, 0.29) is 0 Å². The Morgan fingerprint density at radius 3 is 2.59 bits per heavy atom. The molecule has 0 radical (unpaired) electrons. The van der Waals surface area contributed by atoms with Crippen molar-refractivity contribution in [1.82, 2.24) is 10.2 Å². The van der Waals surface area contributed by atoms with Gasteiger partial charge in [0.15, 0.2) is 0 Å². The van der Waals surface area contributed by atoms with E-state index in [9.17, 15) is 0 Å². The van der Waals surface area contributed by atoms with Crippen molar-refractivity contribution in [3.8, 4) is 0 Å². The Morgan fingerprint density at radius 1 is 1.35 bits per heavy atom. The van der Waals surface area contributed by atoms with Gasteiger partial charge in [-0.25, -0.2) is 0 Å². The fourth-order valence-electron chi connectivity index (χ4n) is 2.50. The molecule has 1 fully saturated rings. The topological polar surface area (TPSA) is 15.3 Å². The molecule has 2 nitrogen and oxygen atoms in total. The molecule has 1 rings (SSSR count). The van der Waals surface area contributed by atoms with Crippen LogP contribution >= 0.6 is 11.8 Å². The van der Waals surface area contributed by atoms with Gasteiger partial charge in [-0.15, -0.1) is 0 Å². The van der Waals surface area contributed by atoms with E-state index >= 15 is 0 Å². The third kappa shape index (κ3) is 5.62. The van der Waals surface area contributed by atoms with Gasteiger partial charge in [0.1, 0.15) is 0 Å². The van der Waals surface area contributed by atoms with Crippen molar-refractivity contribution < 1.29 is 0 Å². The van der Waals surface area contributed by atoms with Gasteiger partial charge in [0.2, 0.25) is 0 Å². The first-order valence-electron chi connectivity index (χ1n) is 7.02. The van der Waals surface area contributed by atoms with Gasteiger partial charge >= 0.3 is 0 Å². The highest BCUT2D eigenvalue weighted by Crippen LogP contribution is 2.25. The van der Waals surface area contributed by atoms with Gasteiger partial charge in [0.05, 0.1) is 0 Å². The van der Waals surface area contributed by atoms with Crippen molar-refractivity contribution in [2.75, 3.05) is 26.4 Å². The first kappa shape index (κ1) is 15.3. The zero-order valence-electron chi connectivity index (χ0n) is 12.2. The van der Waals surface area contributed by atoms with Gasteiger partial charge in [-0.1, -0.05) is 20.8 Å². The Hall–Kier alpha value is 0.270. The maximum absolute atomic E-state index is 3.80. The molecule has 1 heterocycles.